The van der Waals surface area contributed by atoms with Crippen LogP contribution in [-0.2, 0) is 22.4 Å². The second-order valence-corrected chi connectivity index (χ2v) is 6.37. The molecule has 1 aromatic rings. The smallest absolute Gasteiger partial charge is 0.227 e. The number of nitrogens with zero attached hydrogens (tertiary/aromatic N) is 2. The van der Waals surface area contributed by atoms with E-state index in [1.54, 1.807) is 7.11 Å². The number of benzene rings is 1. The Kier molecular flexibility index (Phi) is 5.11. The Balaban J connectivity index is 1.56. The molecule has 0 bridgehead atoms. The average Bonchev–Trinajstić information content (AvgIpc) is 2.91. The molecular formula is C18H26N2O2. The normalized spacial score (nSPS) is 22.4. The molecule has 3 rings (SSSR count). The summed E-state index contributed by atoms with van der Waals surface area (Å²) in [7, 11) is 1.73. The van der Waals surface area contributed by atoms with Gasteiger partial charge >= 0.3 is 0 Å². The molecule has 0 aliphatic carbocycles. The van der Waals surface area contributed by atoms with E-state index in [4.69, 9.17) is 4.74 Å². The number of likely N-dealkylation sites (tertiary alicyclic amines) is 1. The maximum absolute atomic E-state index is 12.8. The van der Waals surface area contributed by atoms with Crippen LogP contribution in [0.1, 0.15) is 17.5 Å². The molecule has 2 aliphatic heterocycles. The third kappa shape index (κ3) is 3.50. The predicted octanol–water partition coefficient (Wildman–Crippen LogP) is 1.58. The van der Waals surface area contributed by atoms with Gasteiger partial charge in [0.1, 0.15) is 0 Å². The first-order valence-corrected chi connectivity index (χ1v) is 8.35. The lowest BCUT2D eigenvalue weighted by Crippen LogP contribution is -2.39. The van der Waals surface area contributed by atoms with Gasteiger partial charge in [0.05, 0.1) is 12.5 Å². The molecule has 0 spiro atoms. The van der Waals surface area contributed by atoms with Gasteiger partial charge in [-0.1, -0.05) is 24.3 Å². The number of fused-ring (bicyclic) bond motifs is 1. The van der Waals surface area contributed by atoms with E-state index in [9.17, 15) is 4.79 Å². The van der Waals surface area contributed by atoms with Crippen molar-refractivity contribution in [2.75, 3.05) is 46.4 Å². The van der Waals surface area contributed by atoms with Crippen LogP contribution in [0.25, 0.3) is 0 Å². The van der Waals surface area contributed by atoms with Gasteiger partial charge in [0.25, 0.3) is 0 Å². The molecule has 4 nitrogen and oxygen atoms in total. The summed E-state index contributed by atoms with van der Waals surface area (Å²) in [5.74, 6) is 0.533. The van der Waals surface area contributed by atoms with Gasteiger partial charge in [-0.3, -0.25) is 4.79 Å². The number of carbonyl (C=O) groups is 1. The fourth-order valence-corrected chi connectivity index (χ4v) is 3.60. The zero-order chi connectivity index (χ0) is 15.4. The van der Waals surface area contributed by atoms with Crippen molar-refractivity contribution in [3.8, 4) is 0 Å². The van der Waals surface area contributed by atoms with E-state index in [0.717, 1.165) is 58.6 Å². The Bertz CT molecular complexity index is 491. The van der Waals surface area contributed by atoms with E-state index in [1.807, 2.05) is 0 Å². The molecule has 120 valence electrons. The maximum atomic E-state index is 12.8. The Morgan fingerprint density at radius 1 is 1.18 bits per heavy atom. The highest BCUT2D eigenvalue weighted by atomic mass is 16.5. The van der Waals surface area contributed by atoms with Crippen LogP contribution in [-0.4, -0.2) is 62.1 Å². The van der Waals surface area contributed by atoms with Crippen molar-refractivity contribution < 1.29 is 9.53 Å². The van der Waals surface area contributed by atoms with Gasteiger partial charge in [-0.2, -0.15) is 0 Å². The topological polar surface area (TPSA) is 32.8 Å². The maximum Gasteiger partial charge on any atom is 0.227 e. The molecule has 1 amide bonds. The van der Waals surface area contributed by atoms with Crippen molar-refractivity contribution in [1.29, 1.82) is 0 Å². The molecule has 1 atom stereocenters. The molecule has 22 heavy (non-hydrogen) atoms. The molecule has 1 saturated heterocycles. The minimum atomic E-state index is 0.179. The van der Waals surface area contributed by atoms with Crippen LogP contribution in [0.2, 0.25) is 0 Å². The van der Waals surface area contributed by atoms with Crippen molar-refractivity contribution in [3.63, 3.8) is 0 Å². The highest BCUT2D eigenvalue weighted by molar-refractivity contribution is 5.79. The predicted molar refractivity (Wildman–Crippen MR) is 86.9 cm³/mol. The number of methoxy groups -OCH3 is 1. The summed E-state index contributed by atoms with van der Waals surface area (Å²) in [6.07, 6.45) is 2.97. The average molecular weight is 302 g/mol. The van der Waals surface area contributed by atoms with E-state index in [-0.39, 0.29) is 5.92 Å². The van der Waals surface area contributed by atoms with Gasteiger partial charge in [-0.15, -0.1) is 0 Å². The molecule has 2 aliphatic rings. The second kappa shape index (κ2) is 7.25. The van der Waals surface area contributed by atoms with E-state index in [2.05, 4.69) is 34.1 Å². The molecule has 0 radical (unpaired) electrons. The lowest BCUT2D eigenvalue weighted by Gasteiger charge is -2.24. The second-order valence-electron chi connectivity index (χ2n) is 6.37. The van der Waals surface area contributed by atoms with Gasteiger partial charge in [0, 0.05) is 33.3 Å². The quantitative estimate of drug-likeness (QED) is 0.846. The van der Waals surface area contributed by atoms with Crippen molar-refractivity contribution >= 4 is 5.91 Å². The summed E-state index contributed by atoms with van der Waals surface area (Å²) in [5.41, 5.74) is 2.82. The number of hydrogen-bond acceptors (Lipinski definition) is 3. The molecule has 0 N–H and O–H groups in total. The molecule has 0 saturated carbocycles. The molecule has 0 aromatic heterocycles. The SMILES string of the molecule is COCCN1CCC(C(=O)N2CCc3ccccc3CC2)C1. The number of carbonyl (C=O) groups excluding carboxylic acids is 1. The molecular weight excluding hydrogens is 276 g/mol. The van der Waals surface area contributed by atoms with Crippen LogP contribution in [0.15, 0.2) is 24.3 Å². The first-order valence-electron chi connectivity index (χ1n) is 8.35. The minimum Gasteiger partial charge on any atom is -0.383 e. The first kappa shape index (κ1) is 15.5. The third-order valence-electron chi connectivity index (χ3n) is 4.97. The Labute approximate surface area is 133 Å². The highest BCUT2D eigenvalue weighted by Gasteiger charge is 2.31. The van der Waals surface area contributed by atoms with Crippen molar-refractivity contribution in [3.05, 3.63) is 35.4 Å². The van der Waals surface area contributed by atoms with E-state index < -0.39 is 0 Å². The van der Waals surface area contributed by atoms with E-state index in [0.29, 0.717) is 5.91 Å². The third-order valence-corrected chi connectivity index (χ3v) is 4.97. The Morgan fingerprint density at radius 3 is 2.50 bits per heavy atom. The summed E-state index contributed by atoms with van der Waals surface area (Å²) in [6.45, 7) is 5.33. The number of ether oxygens (including phenoxy) is 1. The van der Waals surface area contributed by atoms with Gasteiger partial charge in [-0.25, -0.2) is 0 Å². The lowest BCUT2D eigenvalue weighted by atomic mass is 10.0. The monoisotopic (exact) mass is 302 g/mol. The van der Waals surface area contributed by atoms with Crippen molar-refractivity contribution in [2.45, 2.75) is 19.3 Å². The lowest BCUT2D eigenvalue weighted by molar-refractivity contribution is -0.135. The number of hydrogen-bond donors (Lipinski definition) is 0. The Hall–Kier alpha value is -1.39. The summed E-state index contributed by atoms with van der Waals surface area (Å²) in [5, 5.41) is 0. The fourth-order valence-electron chi connectivity index (χ4n) is 3.60. The van der Waals surface area contributed by atoms with Crippen LogP contribution in [0, 0.1) is 5.92 Å². The molecule has 2 heterocycles. The zero-order valence-corrected chi connectivity index (χ0v) is 13.5. The van der Waals surface area contributed by atoms with Gasteiger partial charge in [-0.05, 0) is 36.9 Å². The van der Waals surface area contributed by atoms with Gasteiger partial charge < -0.3 is 14.5 Å². The minimum absolute atomic E-state index is 0.179. The molecule has 4 heteroatoms. The molecule has 1 fully saturated rings. The highest BCUT2D eigenvalue weighted by Crippen LogP contribution is 2.21. The van der Waals surface area contributed by atoms with Crippen LogP contribution in [0.4, 0.5) is 0 Å². The summed E-state index contributed by atoms with van der Waals surface area (Å²) >= 11 is 0. The van der Waals surface area contributed by atoms with Crippen LogP contribution in [0.3, 0.4) is 0 Å². The van der Waals surface area contributed by atoms with Gasteiger partial charge in [0.2, 0.25) is 5.91 Å². The summed E-state index contributed by atoms with van der Waals surface area (Å²) in [6, 6.07) is 8.60. The van der Waals surface area contributed by atoms with Crippen LogP contribution >= 0.6 is 0 Å². The summed E-state index contributed by atoms with van der Waals surface area (Å²) < 4.78 is 5.13. The van der Waals surface area contributed by atoms with E-state index >= 15 is 0 Å². The Morgan fingerprint density at radius 2 is 1.86 bits per heavy atom. The van der Waals surface area contributed by atoms with Crippen LogP contribution in [0.5, 0.6) is 0 Å². The van der Waals surface area contributed by atoms with Gasteiger partial charge in [0.15, 0.2) is 0 Å². The number of rotatable bonds is 4. The molecule has 1 aromatic carbocycles. The fraction of sp³-hybridized carbons (Fsp3) is 0.611. The van der Waals surface area contributed by atoms with Crippen molar-refractivity contribution in [1.82, 2.24) is 9.80 Å². The first-order chi connectivity index (χ1) is 10.8. The zero-order valence-electron chi connectivity index (χ0n) is 13.5. The van der Waals surface area contributed by atoms with Crippen molar-refractivity contribution in [2.24, 2.45) is 5.92 Å². The number of amides is 1. The molecule has 1 unspecified atom stereocenters. The summed E-state index contributed by atoms with van der Waals surface area (Å²) in [4.78, 5) is 17.2. The van der Waals surface area contributed by atoms with Crippen LogP contribution < -0.4 is 0 Å². The largest absolute Gasteiger partial charge is 0.383 e. The van der Waals surface area contributed by atoms with E-state index in [1.165, 1.54) is 11.1 Å². The standard InChI is InChI=1S/C18H26N2O2/c1-22-13-12-19-9-6-17(14-19)18(21)20-10-7-15-4-2-3-5-16(15)8-11-20/h2-5,17H,6-14H2,1H3.